The number of urea groups is 1. The molecule has 0 fully saturated rings. The molecule has 0 aliphatic rings. The maximum Gasteiger partial charge on any atom is 0.323 e. The molecule has 0 radical (unpaired) electrons. The molecule has 1 heterocycles. The van der Waals surface area contributed by atoms with Crippen molar-refractivity contribution in [3.63, 3.8) is 0 Å². The van der Waals surface area contributed by atoms with Crippen LogP contribution in [0, 0.1) is 0 Å². The Morgan fingerprint density at radius 3 is 2.00 bits per heavy atom. The van der Waals surface area contributed by atoms with E-state index in [1.807, 2.05) is 0 Å². The zero-order chi connectivity index (χ0) is 24.5. The SMILES string of the molecule is CONC(=O)c1cc(Oc2ccc(NC(=O)Nc3cc(OC)c(OC)c(OC)c3)cc2)ccn1. The minimum atomic E-state index is -0.495. The van der Waals surface area contributed by atoms with E-state index in [1.165, 1.54) is 40.7 Å². The number of carbonyl (C=O) groups is 2. The fourth-order valence-corrected chi connectivity index (χ4v) is 2.93. The third kappa shape index (κ3) is 6.04. The molecule has 3 N–H and O–H groups in total. The number of nitrogens with zero attached hydrogens (tertiary/aromatic N) is 1. The van der Waals surface area contributed by atoms with Crippen molar-refractivity contribution in [2.45, 2.75) is 0 Å². The highest BCUT2D eigenvalue weighted by Crippen LogP contribution is 2.40. The van der Waals surface area contributed by atoms with E-state index in [9.17, 15) is 9.59 Å². The molecule has 0 unspecified atom stereocenters. The predicted octanol–water partition coefficient (Wildman–Crippen LogP) is 3.83. The molecule has 0 aliphatic carbocycles. The van der Waals surface area contributed by atoms with Gasteiger partial charge in [-0.2, -0.15) is 0 Å². The van der Waals surface area contributed by atoms with Crippen LogP contribution in [0.5, 0.6) is 28.7 Å². The van der Waals surface area contributed by atoms with Gasteiger partial charge in [-0.3, -0.25) is 14.6 Å². The van der Waals surface area contributed by atoms with Gasteiger partial charge in [0.15, 0.2) is 11.5 Å². The summed E-state index contributed by atoms with van der Waals surface area (Å²) >= 11 is 0. The summed E-state index contributed by atoms with van der Waals surface area (Å²) < 4.78 is 21.6. The summed E-state index contributed by atoms with van der Waals surface area (Å²) in [5, 5.41) is 5.45. The number of hydroxylamine groups is 1. The van der Waals surface area contributed by atoms with Gasteiger partial charge in [-0.1, -0.05) is 0 Å². The molecule has 0 saturated carbocycles. The fourth-order valence-electron chi connectivity index (χ4n) is 2.93. The van der Waals surface area contributed by atoms with Crippen LogP contribution in [0.4, 0.5) is 16.2 Å². The number of pyridine rings is 1. The minimum absolute atomic E-state index is 0.140. The molecule has 1 aromatic heterocycles. The fraction of sp³-hybridized carbons (Fsp3) is 0.174. The first-order valence-electron chi connectivity index (χ1n) is 9.92. The molecular formula is C23H24N4O7. The number of hydrogen-bond acceptors (Lipinski definition) is 8. The second-order valence-corrected chi connectivity index (χ2v) is 6.63. The molecule has 0 bridgehead atoms. The van der Waals surface area contributed by atoms with Crippen LogP contribution in [0.2, 0.25) is 0 Å². The lowest BCUT2D eigenvalue weighted by atomic mass is 10.2. The van der Waals surface area contributed by atoms with Crippen LogP contribution >= 0.6 is 0 Å². The van der Waals surface area contributed by atoms with Gasteiger partial charge in [0.2, 0.25) is 5.75 Å². The highest BCUT2D eigenvalue weighted by molar-refractivity contribution is 6.00. The number of amides is 3. The topological polar surface area (TPSA) is 129 Å². The van der Waals surface area contributed by atoms with E-state index < -0.39 is 11.9 Å². The summed E-state index contributed by atoms with van der Waals surface area (Å²) in [6, 6.07) is 12.5. The van der Waals surface area contributed by atoms with Crippen LogP contribution in [-0.4, -0.2) is 45.4 Å². The molecule has 178 valence electrons. The van der Waals surface area contributed by atoms with Crippen molar-refractivity contribution in [3.05, 3.63) is 60.4 Å². The van der Waals surface area contributed by atoms with Crippen LogP contribution in [0.15, 0.2) is 54.7 Å². The first-order valence-corrected chi connectivity index (χ1v) is 9.92. The normalized spacial score (nSPS) is 10.1. The number of anilines is 2. The van der Waals surface area contributed by atoms with Crippen molar-refractivity contribution in [2.24, 2.45) is 0 Å². The Bertz CT molecular complexity index is 1130. The number of hydrogen-bond donors (Lipinski definition) is 3. The molecular weight excluding hydrogens is 444 g/mol. The highest BCUT2D eigenvalue weighted by Gasteiger charge is 2.15. The van der Waals surface area contributed by atoms with Crippen LogP contribution < -0.4 is 35.1 Å². The van der Waals surface area contributed by atoms with E-state index in [0.29, 0.717) is 40.1 Å². The summed E-state index contributed by atoms with van der Waals surface area (Å²) in [6.07, 6.45) is 1.45. The van der Waals surface area contributed by atoms with Crippen LogP contribution in [-0.2, 0) is 4.84 Å². The van der Waals surface area contributed by atoms with E-state index in [0.717, 1.165) is 0 Å². The molecule has 0 atom stereocenters. The Morgan fingerprint density at radius 2 is 1.41 bits per heavy atom. The first-order chi connectivity index (χ1) is 16.5. The third-order valence-corrected chi connectivity index (χ3v) is 4.43. The monoisotopic (exact) mass is 468 g/mol. The van der Waals surface area contributed by atoms with E-state index in [2.05, 4.69) is 25.9 Å². The molecule has 3 aromatic rings. The quantitative estimate of drug-likeness (QED) is 0.404. The summed E-state index contributed by atoms with van der Waals surface area (Å²) in [6.45, 7) is 0. The third-order valence-electron chi connectivity index (χ3n) is 4.43. The lowest BCUT2D eigenvalue weighted by Crippen LogP contribution is -2.22. The molecule has 0 spiro atoms. The van der Waals surface area contributed by atoms with Gasteiger partial charge in [0, 0.05) is 30.1 Å². The Morgan fingerprint density at radius 1 is 0.765 bits per heavy atom. The second kappa shape index (κ2) is 11.4. The summed E-state index contributed by atoms with van der Waals surface area (Å²) in [7, 11) is 5.82. The average molecular weight is 468 g/mol. The standard InChI is InChI=1S/C23H24N4O7/c1-30-19-11-15(12-20(31-2)21(19)32-3)26-23(29)25-14-5-7-16(8-6-14)34-17-9-10-24-18(13-17)22(28)27-33-4/h5-13H,1-4H3,(H,27,28)(H2,25,26,29). The molecule has 11 nitrogen and oxygen atoms in total. The van der Waals surface area contributed by atoms with Crippen molar-refractivity contribution >= 4 is 23.3 Å². The van der Waals surface area contributed by atoms with Gasteiger partial charge in [-0.15, -0.1) is 0 Å². The Kier molecular flexibility index (Phi) is 8.08. The molecule has 0 saturated heterocycles. The van der Waals surface area contributed by atoms with Crippen LogP contribution in [0.25, 0.3) is 0 Å². The van der Waals surface area contributed by atoms with Gasteiger partial charge in [-0.25, -0.2) is 10.3 Å². The lowest BCUT2D eigenvalue weighted by Gasteiger charge is -2.15. The van der Waals surface area contributed by atoms with E-state index in [-0.39, 0.29) is 5.69 Å². The number of aromatic nitrogens is 1. The maximum atomic E-state index is 12.4. The first kappa shape index (κ1) is 24.1. The van der Waals surface area contributed by atoms with E-state index in [1.54, 1.807) is 42.5 Å². The summed E-state index contributed by atoms with van der Waals surface area (Å²) in [5.41, 5.74) is 3.32. The van der Waals surface area contributed by atoms with E-state index in [4.69, 9.17) is 18.9 Å². The maximum absolute atomic E-state index is 12.4. The Labute approximate surface area is 195 Å². The molecule has 0 aliphatic heterocycles. The number of rotatable bonds is 9. The number of methoxy groups -OCH3 is 3. The van der Waals surface area contributed by atoms with Crippen molar-refractivity contribution in [1.29, 1.82) is 0 Å². The summed E-state index contributed by atoms with van der Waals surface area (Å²) in [5.74, 6) is 1.67. The minimum Gasteiger partial charge on any atom is -0.493 e. The van der Waals surface area contributed by atoms with E-state index >= 15 is 0 Å². The van der Waals surface area contributed by atoms with Gasteiger partial charge in [0.05, 0.1) is 34.1 Å². The smallest absolute Gasteiger partial charge is 0.323 e. The van der Waals surface area contributed by atoms with Gasteiger partial charge in [-0.05, 0) is 30.3 Å². The molecule has 34 heavy (non-hydrogen) atoms. The zero-order valence-corrected chi connectivity index (χ0v) is 19.0. The average Bonchev–Trinajstić information content (AvgIpc) is 2.84. The largest absolute Gasteiger partial charge is 0.493 e. The molecule has 3 amide bonds. The second-order valence-electron chi connectivity index (χ2n) is 6.63. The number of ether oxygens (including phenoxy) is 4. The molecule has 11 heteroatoms. The van der Waals surface area contributed by atoms with Crippen LogP contribution in [0.3, 0.4) is 0 Å². The Hall–Kier alpha value is -4.51. The number of nitrogens with one attached hydrogen (secondary N) is 3. The lowest BCUT2D eigenvalue weighted by molar-refractivity contribution is 0.0532. The van der Waals surface area contributed by atoms with Crippen molar-refractivity contribution in [3.8, 4) is 28.7 Å². The van der Waals surface area contributed by atoms with Crippen molar-refractivity contribution in [1.82, 2.24) is 10.5 Å². The van der Waals surface area contributed by atoms with Gasteiger partial charge >= 0.3 is 6.03 Å². The number of carbonyl (C=O) groups excluding carboxylic acids is 2. The number of benzene rings is 2. The van der Waals surface area contributed by atoms with Crippen molar-refractivity contribution in [2.75, 3.05) is 39.1 Å². The van der Waals surface area contributed by atoms with Gasteiger partial charge in [0.25, 0.3) is 5.91 Å². The summed E-state index contributed by atoms with van der Waals surface area (Å²) in [4.78, 5) is 32.8. The van der Waals surface area contributed by atoms with Gasteiger partial charge < -0.3 is 29.6 Å². The molecule has 3 rings (SSSR count). The zero-order valence-electron chi connectivity index (χ0n) is 19.0. The van der Waals surface area contributed by atoms with Crippen LogP contribution in [0.1, 0.15) is 10.5 Å². The predicted molar refractivity (Wildman–Crippen MR) is 124 cm³/mol. The van der Waals surface area contributed by atoms with Gasteiger partial charge in [0.1, 0.15) is 17.2 Å². The van der Waals surface area contributed by atoms with Crippen molar-refractivity contribution < 1.29 is 33.4 Å². The highest BCUT2D eigenvalue weighted by atomic mass is 16.6. The molecule has 2 aromatic carbocycles. The Balaban J connectivity index is 1.63.